The molecule has 0 radical (unpaired) electrons. The molecule has 0 unspecified atom stereocenters. The van der Waals surface area contributed by atoms with Crippen LogP contribution in [-0.4, -0.2) is 32.1 Å². The van der Waals surface area contributed by atoms with E-state index in [4.69, 9.17) is 5.11 Å². The second-order valence-corrected chi connectivity index (χ2v) is 4.23. The molecule has 1 aliphatic rings. The Hall–Kier alpha value is -1.85. The lowest BCUT2D eigenvalue weighted by Gasteiger charge is -2.13. The van der Waals surface area contributed by atoms with Gasteiger partial charge in [0.1, 0.15) is 5.69 Å². The smallest absolute Gasteiger partial charge is 0.305 e. The lowest BCUT2D eigenvalue weighted by Crippen LogP contribution is -2.38. The van der Waals surface area contributed by atoms with Gasteiger partial charge >= 0.3 is 5.97 Å². The normalized spacial score (nSPS) is 16.8. The van der Waals surface area contributed by atoms with Crippen molar-refractivity contribution in [3.8, 4) is 0 Å². The molecule has 0 aliphatic heterocycles. The van der Waals surface area contributed by atoms with Gasteiger partial charge in [0.25, 0.3) is 5.91 Å². The molecule has 1 aromatic heterocycles. The maximum absolute atomic E-state index is 11.7. The summed E-state index contributed by atoms with van der Waals surface area (Å²) < 4.78 is 1.67. The molecular formula is C10H13N3O3. The number of rotatable bonds is 4. The zero-order valence-corrected chi connectivity index (χ0v) is 8.93. The van der Waals surface area contributed by atoms with Gasteiger partial charge in [-0.15, -0.1) is 0 Å². The van der Waals surface area contributed by atoms with Crippen molar-refractivity contribution in [1.82, 2.24) is 14.9 Å². The second-order valence-electron chi connectivity index (χ2n) is 4.23. The van der Waals surface area contributed by atoms with Crippen molar-refractivity contribution in [3.05, 3.63) is 18.2 Å². The summed E-state index contributed by atoms with van der Waals surface area (Å²) in [5.41, 5.74) is -0.223. The lowest BCUT2D eigenvalue weighted by molar-refractivity contribution is -0.137. The fraction of sp³-hybridized carbons (Fsp3) is 0.500. The highest BCUT2D eigenvalue weighted by molar-refractivity contribution is 5.93. The second kappa shape index (κ2) is 3.62. The molecule has 0 spiro atoms. The molecular weight excluding hydrogens is 210 g/mol. The summed E-state index contributed by atoms with van der Waals surface area (Å²) in [5.74, 6) is -1.20. The lowest BCUT2D eigenvalue weighted by atomic mass is 10.2. The number of carbonyl (C=O) groups excluding carboxylic acids is 1. The Kier molecular flexibility index (Phi) is 2.41. The van der Waals surface area contributed by atoms with E-state index >= 15 is 0 Å². The molecule has 1 fully saturated rings. The van der Waals surface area contributed by atoms with Crippen molar-refractivity contribution >= 4 is 11.9 Å². The first kappa shape index (κ1) is 10.7. The molecule has 1 saturated carbocycles. The van der Waals surface area contributed by atoms with E-state index in [1.54, 1.807) is 17.8 Å². The Balaban J connectivity index is 2.00. The molecule has 86 valence electrons. The van der Waals surface area contributed by atoms with Crippen LogP contribution >= 0.6 is 0 Å². The average molecular weight is 223 g/mol. The van der Waals surface area contributed by atoms with Gasteiger partial charge in [0.2, 0.25) is 0 Å². The third-order valence-corrected chi connectivity index (χ3v) is 2.66. The summed E-state index contributed by atoms with van der Waals surface area (Å²) in [7, 11) is 1.77. The fourth-order valence-electron chi connectivity index (χ4n) is 1.62. The Morgan fingerprint density at radius 2 is 2.31 bits per heavy atom. The van der Waals surface area contributed by atoms with Crippen LogP contribution in [0.15, 0.2) is 12.5 Å². The number of aliphatic carboxylic acids is 1. The zero-order chi connectivity index (χ0) is 11.8. The minimum absolute atomic E-state index is 0.0222. The van der Waals surface area contributed by atoms with Crippen molar-refractivity contribution in [2.24, 2.45) is 7.05 Å². The number of carboxylic acids is 1. The van der Waals surface area contributed by atoms with Gasteiger partial charge in [0, 0.05) is 13.2 Å². The van der Waals surface area contributed by atoms with Crippen molar-refractivity contribution in [1.29, 1.82) is 0 Å². The molecule has 1 amide bonds. The van der Waals surface area contributed by atoms with E-state index in [1.165, 1.54) is 6.33 Å². The van der Waals surface area contributed by atoms with Gasteiger partial charge in [-0.2, -0.15) is 0 Å². The molecule has 1 heterocycles. The number of carboxylic acid groups (broad SMARTS) is 1. The zero-order valence-electron chi connectivity index (χ0n) is 8.93. The fourth-order valence-corrected chi connectivity index (χ4v) is 1.62. The highest BCUT2D eigenvalue weighted by Gasteiger charge is 2.46. The first-order chi connectivity index (χ1) is 7.51. The number of imidazole rings is 1. The molecule has 6 heteroatoms. The van der Waals surface area contributed by atoms with Crippen molar-refractivity contribution in [3.63, 3.8) is 0 Å². The Morgan fingerprint density at radius 3 is 2.75 bits per heavy atom. The Labute approximate surface area is 92.3 Å². The van der Waals surface area contributed by atoms with Crippen LogP contribution in [0.25, 0.3) is 0 Å². The standard InChI is InChI=1S/C10H13N3O3/c1-13-5-7(11-6-13)9(16)12-10(2-3-10)4-8(14)15/h5-6H,2-4H2,1H3,(H,12,16)(H,14,15). The third-order valence-electron chi connectivity index (χ3n) is 2.66. The van der Waals surface area contributed by atoms with Gasteiger partial charge in [0.05, 0.1) is 18.3 Å². The molecule has 6 nitrogen and oxygen atoms in total. The van der Waals surface area contributed by atoms with E-state index < -0.39 is 11.5 Å². The third kappa shape index (κ3) is 2.21. The Morgan fingerprint density at radius 1 is 1.62 bits per heavy atom. The summed E-state index contributed by atoms with van der Waals surface area (Å²) in [5, 5.41) is 11.4. The molecule has 0 atom stereocenters. The number of hydrogen-bond acceptors (Lipinski definition) is 3. The van der Waals surface area contributed by atoms with Crippen LogP contribution in [0.3, 0.4) is 0 Å². The van der Waals surface area contributed by atoms with Gasteiger partial charge in [-0.05, 0) is 12.8 Å². The van der Waals surface area contributed by atoms with Crippen LogP contribution in [-0.2, 0) is 11.8 Å². The summed E-state index contributed by atoms with van der Waals surface area (Å²) in [6, 6.07) is 0. The molecule has 0 bridgehead atoms. The monoisotopic (exact) mass is 223 g/mol. The molecule has 2 N–H and O–H groups in total. The summed E-state index contributed by atoms with van der Waals surface area (Å²) in [6.07, 6.45) is 4.55. The SMILES string of the molecule is Cn1cnc(C(=O)NC2(CC(=O)O)CC2)c1. The maximum atomic E-state index is 11.7. The predicted octanol–water partition coefficient (Wildman–Crippen LogP) is 0.157. The van der Waals surface area contributed by atoms with Crippen LogP contribution < -0.4 is 5.32 Å². The van der Waals surface area contributed by atoms with Crippen molar-refractivity contribution in [2.75, 3.05) is 0 Å². The van der Waals surface area contributed by atoms with Crippen molar-refractivity contribution < 1.29 is 14.7 Å². The molecule has 0 saturated heterocycles. The molecule has 1 aliphatic carbocycles. The van der Waals surface area contributed by atoms with Crippen molar-refractivity contribution in [2.45, 2.75) is 24.8 Å². The number of nitrogens with zero attached hydrogens (tertiary/aromatic N) is 2. The number of amides is 1. The minimum Gasteiger partial charge on any atom is -0.481 e. The van der Waals surface area contributed by atoms with Gasteiger partial charge in [0.15, 0.2) is 0 Å². The van der Waals surface area contributed by atoms with Gasteiger partial charge in [-0.25, -0.2) is 4.98 Å². The van der Waals surface area contributed by atoms with E-state index in [9.17, 15) is 9.59 Å². The predicted molar refractivity (Wildman–Crippen MR) is 54.9 cm³/mol. The van der Waals surface area contributed by atoms with Crippen LogP contribution in [0.1, 0.15) is 29.8 Å². The summed E-state index contributed by atoms with van der Waals surface area (Å²) in [4.78, 5) is 26.2. The van der Waals surface area contributed by atoms with Gasteiger partial charge in [-0.3, -0.25) is 9.59 Å². The molecule has 0 aromatic carbocycles. The van der Waals surface area contributed by atoms with E-state index in [-0.39, 0.29) is 12.3 Å². The quantitative estimate of drug-likeness (QED) is 0.761. The van der Waals surface area contributed by atoms with Gasteiger partial charge in [-0.1, -0.05) is 0 Å². The number of carbonyl (C=O) groups is 2. The number of aryl methyl sites for hydroxylation is 1. The largest absolute Gasteiger partial charge is 0.481 e. The summed E-state index contributed by atoms with van der Waals surface area (Å²) in [6.45, 7) is 0. The average Bonchev–Trinajstić information content (AvgIpc) is 2.76. The first-order valence-corrected chi connectivity index (χ1v) is 5.03. The minimum atomic E-state index is -0.890. The highest BCUT2D eigenvalue weighted by atomic mass is 16.4. The Bertz CT molecular complexity index is 434. The van der Waals surface area contributed by atoms with E-state index in [2.05, 4.69) is 10.3 Å². The van der Waals surface area contributed by atoms with Gasteiger partial charge < -0.3 is 15.0 Å². The van der Waals surface area contributed by atoms with Crippen LogP contribution in [0.2, 0.25) is 0 Å². The highest BCUT2D eigenvalue weighted by Crippen LogP contribution is 2.38. The first-order valence-electron chi connectivity index (χ1n) is 5.03. The maximum Gasteiger partial charge on any atom is 0.305 e. The number of nitrogens with one attached hydrogen (secondary N) is 1. The van der Waals surface area contributed by atoms with Crippen LogP contribution in [0.5, 0.6) is 0 Å². The van der Waals surface area contributed by atoms with Crippen LogP contribution in [0, 0.1) is 0 Å². The van der Waals surface area contributed by atoms with E-state index in [0.29, 0.717) is 5.69 Å². The number of aromatic nitrogens is 2. The van der Waals surface area contributed by atoms with E-state index in [0.717, 1.165) is 12.8 Å². The number of hydrogen-bond donors (Lipinski definition) is 2. The topological polar surface area (TPSA) is 84.2 Å². The molecule has 2 rings (SSSR count). The molecule has 16 heavy (non-hydrogen) atoms. The molecule has 1 aromatic rings. The summed E-state index contributed by atoms with van der Waals surface area (Å²) >= 11 is 0. The van der Waals surface area contributed by atoms with E-state index in [1.807, 2.05) is 0 Å². The van der Waals surface area contributed by atoms with Crippen LogP contribution in [0.4, 0.5) is 0 Å².